The lowest BCUT2D eigenvalue weighted by atomic mass is 10.1. The van der Waals surface area contributed by atoms with Crippen LogP contribution in [0.2, 0.25) is 0 Å². The van der Waals surface area contributed by atoms with Crippen molar-refractivity contribution in [1.82, 2.24) is 9.78 Å². The van der Waals surface area contributed by atoms with Gasteiger partial charge in [-0.25, -0.2) is 4.79 Å². The van der Waals surface area contributed by atoms with E-state index in [9.17, 15) is 4.79 Å². The van der Waals surface area contributed by atoms with Gasteiger partial charge in [-0.15, -0.1) is 0 Å². The fourth-order valence-electron chi connectivity index (χ4n) is 2.48. The molecule has 0 radical (unpaired) electrons. The van der Waals surface area contributed by atoms with Crippen LogP contribution in [0.3, 0.4) is 0 Å². The third-order valence-electron chi connectivity index (χ3n) is 3.55. The van der Waals surface area contributed by atoms with Gasteiger partial charge in [-0.3, -0.25) is 4.68 Å². The van der Waals surface area contributed by atoms with E-state index in [2.05, 4.69) is 5.10 Å². The summed E-state index contributed by atoms with van der Waals surface area (Å²) in [7, 11) is 1.41. The van der Waals surface area contributed by atoms with Crippen LogP contribution in [0.4, 0.5) is 0 Å². The van der Waals surface area contributed by atoms with Crippen molar-refractivity contribution in [3.8, 4) is 0 Å². The maximum Gasteiger partial charge on any atom is 0.331 e. The van der Waals surface area contributed by atoms with Crippen LogP contribution in [0.15, 0.2) is 60.8 Å². The molecule has 1 heterocycles. The van der Waals surface area contributed by atoms with Crippen molar-refractivity contribution >= 4 is 16.9 Å². The highest BCUT2D eigenvalue weighted by Crippen LogP contribution is 2.21. The van der Waals surface area contributed by atoms with Crippen molar-refractivity contribution in [1.29, 1.82) is 0 Å². The van der Waals surface area contributed by atoms with Crippen molar-refractivity contribution in [2.45, 2.75) is 26.3 Å². The number of methoxy groups -OCH3 is 1. The fraction of sp³-hybridized carbons (Fsp3) is 0.263. The van der Waals surface area contributed by atoms with Gasteiger partial charge in [0.25, 0.3) is 0 Å². The third-order valence-corrected chi connectivity index (χ3v) is 3.55. The lowest BCUT2D eigenvalue weighted by Gasteiger charge is -2.16. The van der Waals surface area contributed by atoms with Gasteiger partial charge in [0.1, 0.15) is 0 Å². The van der Waals surface area contributed by atoms with Gasteiger partial charge >= 0.3 is 5.97 Å². The van der Waals surface area contributed by atoms with Crippen LogP contribution in [0.25, 0.3) is 10.9 Å². The molecule has 0 aliphatic heterocycles. The first kappa shape index (κ1) is 16.7. The standard InChI is InChI=1S/C17H16N2O2.C2H6/c1-21-17(20)16(11-13-7-3-2-4-8-13)19-15-10-6-5-9-14(15)12-18-19;1-2/h2-10,12,16H,11H2,1H3;1-2H3. The summed E-state index contributed by atoms with van der Waals surface area (Å²) >= 11 is 0. The smallest absolute Gasteiger partial charge is 0.331 e. The zero-order valence-corrected chi connectivity index (χ0v) is 13.8. The molecule has 3 rings (SSSR count). The fourth-order valence-corrected chi connectivity index (χ4v) is 2.48. The summed E-state index contributed by atoms with van der Waals surface area (Å²) < 4.78 is 6.70. The molecule has 1 atom stereocenters. The Hall–Kier alpha value is -2.62. The minimum absolute atomic E-state index is 0.285. The molecule has 3 aromatic rings. The molecule has 0 bridgehead atoms. The number of carbonyl (C=O) groups excluding carboxylic acids is 1. The topological polar surface area (TPSA) is 44.1 Å². The van der Waals surface area contributed by atoms with E-state index >= 15 is 0 Å². The zero-order chi connectivity index (χ0) is 16.7. The minimum Gasteiger partial charge on any atom is -0.467 e. The van der Waals surface area contributed by atoms with Gasteiger partial charge < -0.3 is 4.74 Å². The van der Waals surface area contributed by atoms with Crippen molar-refractivity contribution < 1.29 is 9.53 Å². The van der Waals surface area contributed by atoms with Crippen molar-refractivity contribution in [3.63, 3.8) is 0 Å². The van der Waals surface area contributed by atoms with E-state index in [4.69, 9.17) is 4.74 Å². The number of hydrogen-bond acceptors (Lipinski definition) is 3. The summed E-state index contributed by atoms with van der Waals surface area (Å²) in [6.07, 6.45) is 2.33. The van der Waals surface area contributed by atoms with Gasteiger partial charge in [0.05, 0.1) is 18.8 Å². The highest BCUT2D eigenvalue weighted by molar-refractivity contribution is 5.82. The first-order valence-electron chi connectivity index (χ1n) is 7.83. The maximum atomic E-state index is 12.2. The van der Waals surface area contributed by atoms with Gasteiger partial charge in [0.15, 0.2) is 6.04 Å². The number of ether oxygens (including phenoxy) is 1. The van der Waals surface area contributed by atoms with Gasteiger partial charge in [0, 0.05) is 11.8 Å². The lowest BCUT2D eigenvalue weighted by molar-refractivity contribution is -0.144. The summed E-state index contributed by atoms with van der Waals surface area (Å²) in [5.74, 6) is -0.285. The molecule has 1 aromatic heterocycles. The molecule has 0 saturated carbocycles. The van der Waals surface area contributed by atoms with Crippen molar-refractivity contribution in [2.24, 2.45) is 0 Å². The minimum atomic E-state index is -0.461. The Morgan fingerprint density at radius 1 is 1.09 bits per heavy atom. The summed E-state index contributed by atoms with van der Waals surface area (Å²) in [6, 6.07) is 17.3. The zero-order valence-electron chi connectivity index (χ0n) is 13.8. The average Bonchev–Trinajstić information content (AvgIpc) is 3.05. The second kappa shape index (κ2) is 8.13. The number of para-hydroxylation sites is 1. The number of hydrogen-bond donors (Lipinski definition) is 0. The molecule has 0 aliphatic rings. The van der Waals surface area contributed by atoms with E-state index in [0.29, 0.717) is 6.42 Å². The molecule has 0 aliphatic carbocycles. The van der Waals surface area contributed by atoms with Crippen molar-refractivity contribution in [2.75, 3.05) is 7.11 Å². The van der Waals surface area contributed by atoms with Crippen LogP contribution in [0.1, 0.15) is 25.5 Å². The number of aromatic nitrogens is 2. The van der Waals surface area contributed by atoms with Gasteiger partial charge in [-0.1, -0.05) is 62.4 Å². The Morgan fingerprint density at radius 3 is 2.43 bits per heavy atom. The molecule has 0 amide bonds. The van der Waals surface area contributed by atoms with Gasteiger partial charge in [-0.05, 0) is 11.6 Å². The van der Waals surface area contributed by atoms with E-state index < -0.39 is 6.04 Å². The molecule has 1 unspecified atom stereocenters. The van der Waals surface area contributed by atoms with E-state index in [1.807, 2.05) is 68.4 Å². The highest BCUT2D eigenvalue weighted by Gasteiger charge is 2.24. The van der Waals surface area contributed by atoms with Crippen molar-refractivity contribution in [3.05, 3.63) is 66.4 Å². The van der Waals surface area contributed by atoms with Crippen LogP contribution in [-0.2, 0) is 16.0 Å². The monoisotopic (exact) mass is 310 g/mol. The Morgan fingerprint density at radius 2 is 1.74 bits per heavy atom. The van der Waals surface area contributed by atoms with E-state index in [0.717, 1.165) is 16.5 Å². The predicted molar refractivity (Wildman–Crippen MR) is 92.3 cm³/mol. The van der Waals surface area contributed by atoms with Crippen LogP contribution < -0.4 is 0 Å². The number of esters is 1. The summed E-state index contributed by atoms with van der Waals surface area (Å²) in [4.78, 5) is 12.2. The molecule has 0 fully saturated rings. The lowest BCUT2D eigenvalue weighted by Crippen LogP contribution is -2.24. The normalized spacial score (nSPS) is 11.4. The SMILES string of the molecule is CC.COC(=O)C(Cc1ccccc1)n1ncc2ccccc21. The first-order valence-corrected chi connectivity index (χ1v) is 7.83. The highest BCUT2D eigenvalue weighted by atomic mass is 16.5. The Balaban J connectivity index is 0.000000924. The molecular formula is C19H22N2O2. The Bertz CT molecular complexity index is 750. The Labute approximate surface area is 136 Å². The second-order valence-corrected chi connectivity index (χ2v) is 4.88. The summed E-state index contributed by atoms with van der Waals surface area (Å²) in [5.41, 5.74) is 2.01. The van der Waals surface area contributed by atoms with E-state index in [-0.39, 0.29) is 5.97 Å². The largest absolute Gasteiger partial charge is 0.467 e. The molecule has 4 heteroatoms. The van der Waals surface area contributed by atoms with Crippen LogP contribution in [-0.4, -0.2) is 22.9 Å². The summed E-state index contributed by atoms with van der Waals surface area (Å²) in [6.45, 7) is 4.00. The number of carbonyl (C=O) groups is 1. The van der Waals surface area contributed by atoms with E-state index in [1.54, 1.807) is 10.9 Å². The number of rotatable bonds is 4. The molecule has 0 spiro atoms. The van der Waals surface area contributed by atoms with Gasteiger partial charge in [0.2, 0.25) is 0 Å². The average molecular weight is 310 g/mol. The maximum absolute atomic E-state index is 12.2. The molecule has 0 N–H and O–H groups in total. The van der Waals surface area contributed by atoms with Crippen LogP contribution in [0, 0.1) is 0 Å². The summed E-state index contributed by atoms with van der Waals surface area (Å²) in [5, 5.41) is 5.39. The quantitative estimate of drug-likeness (QED) is 0.684. The number of benzene rings is 2. The number of nitrogens with zero attached hydrogens (tertiary/aromatic N) is 2. The molecular weight excluding hydrogens is 288 g/mol. The van der Waals surface area contributed by atoms with E-state index in [1.165, 1.54) is 7.11 Å². The molecule has 23 heavy (non-hydrogen) atoms. The number of fused-ring (bicyclic) bond motifs is 1. The molecule has 4 nitrogen and oxygen atoms in total. The van der Waals surface area contributed by atoms with Crippen LogP contribution >= 0.6 is 0 Å². The molecule has 2 aromatic carbocycles. The Kier molecular flexibility index (Phi) is 5.92. The predicted octanol–water partition coefficient (Wildman–Crippen LogP) is 4.02. The molecule has 120 valence electrons. The first-order chi connectivity index (χ1) is 11.3. The molecule has 0 saturated heterocycles. The third kappa shape index (κ3) is 3.77. The van der Waals surface area contributed by atoms with Crippen LogP contribution in [0.5, 0.6) is 0 Å². The second-order valence-electron chi connectivity index (χ2n) is 4.88. The van der Waals surface area contributed by atoms with Gasteiger partial charge in [-0.2, -0.15) is 5.10 Å².